The lowest BCUT2D eigenvalue weighted by atomic mass is 10.2. The first-order valence-electron chi connectivity index (χ1n) is 8.36. The van der Waals surface area contributed by atoms with Crippen molar-refractivity contribution in [3.05, 3.63) is 65.7 Å². The molecule has 0 radical (unpaired) electrons. The summed E-state index contributed by atoms with van der Waals surface area (Å²) in [5, 5.41) is 2.79. The summed E-state index contributed by atoms with van der Waals surface area (Å²) >= 11 is 0. The molecule has 3 rings (SSSR count). The van der Waals surface area contributed by atoms with Crippen LogP contribution in [0.1, 0.15) is 28.8 Å². The monoisotopic (exact) mass is 394 g/mol. The second-order valence-corrected chi connectivity index (χ2v) is 8.47. The van der Waals surface area contributed by atoms with Gasteiger partial charge in [0.1, 0.15) is 0 Å². The number of carbonyl (C=O) groups is 1. The number of sulfone groups is 1. The van der Waals surface area contributed by atoms with E-state index in [9.17, 15) is 13.2 Å². The van der Waals surface area contributed by atoms with Gasteiger partial charge in [0, 0.05) is 18.2 Å². The lowest BCUT2D eigenvalue weighted by Crippen LogP contribution is -2.38. The number of benzene rings is 2. The summed E-state index contributed by atoms with van der Waals surface area (Å²) in [5.41, 5.74) is 7.03. The first-order valence-corrected chi connectivity index (χ1v) is 10.0. The third-order valence-electron chi connectivity index (χ3n) is 4.38. The second-order valence-electron chi connectivity index (χ2n) is 6.48. The predicted octanol–water partition coefficient (Wildman–Crippen LogP) is 2.55. The average Bonchev–Trinajstić information content (AvgIpc) is 3.45. The smallest absolute Gasteiger partial charge is 0.251 e. The van der Waals surface area contributed by atoms with Gasteiger partial charge < -0.3 is 11.1 Å². The first-order chi connectivity index (χ1) is 12.0. The average molecular weight is 395 g/mol. The van der Waals surface area contributed by atoms with Gasteiger partial charge in [-0.1, -0.05) is 36.4 Å². The van der Waals surface area contributed by atoms with E-state index in [-0.39, 0.29) is 35.0 Å². The predicted molar refractivity (Wildman–Crippen MR) is 104 cm³/mol. The molecule has 0 spiro atoms. The molecule has 0 saturated heterocycles. The highest BCUT2D eigenvalue weighted by Crippen LogP contribution is 2.31. The van der Waals surface area contributed by atoms with Gasteiger partial charge in [0.25, 0.3) is 5.91 Å². The minimum atomic E-state index is -3.51. The Hall–Kier alpha value is -1.89. The van der Waals surface area contributed by atoms with Gasteiger partial charge in [0.2, 0.25) is 0 Å². The van der Waals surface area contributed by atoms with Crippen LogP contribution in [0.25, 0.3) is 0 Å². The van der Waals surface area contributed by atoms with Gasteiger partial charge in [0.15, 0.2) is 9.84 Å². The number of amides is 1. The molecule has 0 aromatic heterocycles. The van der Waals surface area contributed by atoms with Gasteiger partial charge in [-0.15, -0.1) is 12.4 Å². The van der Waals surface area contributed by atoms with Gasteiger partial charge in [0.05, 0.1) is 10.6 Å². The van der Waals surface area contributed by atoms with Crippen LogP contribution < -0.4 is 11.1 Å². The van der Waals surface area contributed by atoms with Gasteiger partial charge >= 0.3 is 0 Å². The van der Waals surface area contributed by atoms with E-state index in [4.69, 9.17) is 5.73 Å². The van der Waals surface area contributed by atoms with Crippen LogP contribution in [0.3, 0.4) is 0 Å². The lowest BCUT2D eigenvalue weighted by Gasteiger charge is -2.12. The van der Waals surface area contributed by atoms with Crippen LogP contribution in [-0.2, 0) is 15.6 Å². The summed E-state index contributed by atoms with van der Waals surface area (Å²) < 4.78 is 25.2. The summed E-state index contributed by atoms with van der Waals surface area (Å²) in [6.45, 7) is 0.407. The third-order valence-corrected chi connectivity index (χ3v) is 6.07. The quantitative estimate of drug-likeness (QED) is 0.755. The van der Waals surface area contributed by atoms with Gasteiger partial charge in [-0.3, -0.25) is 4.79 Å². The Balaban J connectivity index is 0.00000243. The van der Waals surface area contributed by atoms with Crippen molar-refractivity contribution >= 4 is 28.2 Å². The van der Waals surface area contributed by atoms with Gasteiger partial charge in [-0.25, -0.2) is 8.42 Å². The molecule has 0 aliphatic heterocycles. The fourth-order valence-electron chi connectivity index (χ4n) is 2.71. The molecule has 1 unspecified atom stereocenters. The maximum Gasteiger partial charge on any atom is 0.251 e. The summed E-state index contributed by atoms with van der Waals surface area (Å²) in [6.07, 6.45) is 2.23. The zero-order valence-corrected chi connectivity index (χ0v) is 15.9. The molecule has 1 aliphatic carbocycles. The molecule has 1 fully saturated rings. The Labute approximate surface area is 160 Å². The van der Waals surface area contributed by atoms with Crippen molar-refractivity contribution < 1.29 is 13.2 Å². The molecule has 140 valence electrons. The highest BCUT2D eigenvalue weighted by Gasteiger charge is 2.28. The molecule has 1 atom stereocenters. The lowest BCUT2D eigenvalue weighted by molar-refractivity contribution is 0.0950. The molecule has 3 N–H and O–H groups in total. The van der Waals surface area contributed by atoms with Crippen molar-refractivity contribution in [3.63, 3.8) is 0 Å². The molecular weight excluding hydrogens is 372 g/mol. The summed E-state index contributed by atoms with van der Waals surface area (Å²) in [6, 6.07) is 15.1. The molecule has 2 aromatic rings. The molecule has 0 bridgehead atoms. The topological polar surface area (TPSA) is 89.3 Å². The van der Waals surface area contributed by atoms with Crippen molar-refractivity contribution in [2.45, 2.75) is 29.5 Å². The first kappa shape index (κ1) is 20.4. The fraction of sp³-hybridized carbons (Fsp3) is 0.316. The van der Waals surface area contributed by atoms with E-state index >= 15 is 0 Å². The highest BCUT2D eigenvalue weighted by molar-refractivity contribution is 7.90. The zero-order chi connectivity index (χ0) is 17.9. The number of nitrogens with one attached hydrogen (secondary N) is 1. The SMILES string of the molecule is Cl.NC(CNC(=O)c1cccc(S(=O)(=O)Cc2ccccc2)c1)C1CC1. The van der Waals surface area contributed by atoms with Crippen LogP contribution in [0, 0.1) is 5.92 Å². The number of hydrogen-bond acceptors (Lipinski definition) is 4. The van der Waals surface area contributed by atoms with E-state index in [1.54, 1.807) is 36.4 Å². The molecule has 2 aromatic carbocycles. The molecule has 7 heteroatoms. The summed E-state index contributed by atoms with van der Waals surface area (Å²) in [7, 11) is -3.51. The summed E-state index contributed by atoms with van der Waals surface area (Å²) in [4.78, 5) is 12.4. The maximum atomic E-state index is 12.6. The number of halogens is 1. The largest absolute Gasteiger partial charge is 0.350 e. The zero-order valence-electron chi connectivity index (χ0n) is 14.3. The molecule has 1 amide bonds. The van der Waals surface area contributed by atoms with E-state index in [1.165, 1.54) is 12.1 Å². The van der Waals surface area contributed by atoms with E-state index < -0.39 is 9.84 Å². The van der Waals surface area contributed by atoms with Crippen molar-refractivity contribution in [2.75, 3.05) is 6.54 Å². The van der Waals surface area contributed by atoms with Crippen molar-refractivity contribution in [1.82, 2.24) is 5.32 Å². The van der Waals surface area contributed by atoms with Crippen molar-refractivity contribution in [3.8, 4) is 0 Å². The van der Waals surface area contributed by atoms with Crippen LogP contribution in [0.4, 0.5) is 0 Å². The minimum Gasteiger partial charge on any atom is -0.350 e. The van der Waals surface area contributed by atoms with Gasteiger partial charge in [-0.2, -0.15) is 0 Å². The third kappa shape index (κ3) is 5.30. The number of rotatable bonds is 7. The Morgan fingerprint density at radius 3 is 2.46 bits per heavy atom. The van der Waals surface area contributed by atoms with Crippen LogP contribution in [0.5, 0.6) is 0 Å². The van der Waals surface area contributed by atoms with Crippen molar-refractivity contribution in [1.29, 1.82) is 0 Å². The van der Waals surface area contributed by atoms with Gasteiger partial charge in [-0.05, 0) is 42.5 Å². The van der Waals surface area contributed by atoms with E-state index in [0.717, 1.165) is 12.8 Å². The van der Waals surface area contributed by atoms with Crippen LogP contribution in [0.15, 0.2) is 59.5 Å². The number of hydrogen-bond donors (Lipinski definition) is 2. The second kappa shape index (κ2) is 8.66. The Morgan fingerprint density at radius 2 is 1.81 bits per heavy atom. The summed E-state index contributed by atoms with van der Waals surface area (Å²) in [5.74, 6) is 0.108. The van der Waals surface area contributed by atoms with Crippen LogP contribution >= 0.6 is 12.4 Å². The number of carbonyl (C=O) groups excluding carboxylic acids is 1. The Kier molecular flexibility index (Phi) is 6.81. The van der Waals surface area contributed by atoms with E-state index in [2.05, 4.69) is 5.32 Å². The standard InChI is InChI=1S/C19H22N2O3S.ClH/c20-18(15-9-10-15)12-21-19(22)16-7-4-8-17(11-16)25(23,24)13-14-5-2-1-3-6-14;/h1-8,11,15,18H,9-10,12-13,20H2,(H,21,22);1H. The molecule has 26 heavy (non-hydrogen) atoms. The van der Waals surface area contributed by atoms with Crippen molar-refractivity contribution in [2.24, 2.45) is 11.7 Å². The van der Waals surface area contributed by atoms with Crippen LogP contribution in [-0.4, -0.2) is 26.9 Å². The minimum absolute atomic E-state index is 0. The van der Waals surface area contributed by atoms with E-state index in [0.29, 0.717) is 23.6 Å². The normalized spacial score (nSPS) is 15.0. The Morgan fingerprint density at radius 1 is 1.12 bits per heavy atom. The maximum absolute atomic E-state index is 12.6. The molecule has 1 saturated carbocycles. The van der Waals surface area contributed by atoms with E-state index in [1.807, 2.05) is 6.07 Å². The molecule has 0 heterocycles. The van der Waals surface area contributed by atoms with Crippen LogP contribution in [0.2, 0.25) is 0 Å². The molecule has 5 nitrogen and oxygen atoms in total. The Bertz CT molecular complexity index is 852. The fourth-order valence-corrected chi connectivity index (χ4v) is 4.10. The highest BCUT2D eigenvalue weighted by atomic mass is 35.5. The molecule has 1 aliphatic rings. The molecular formula is C19H23ClN2O3S. The number of nitrogens with two attached hydrogens (primary N) is 1.